The molecule has 0 aliphatic heterocycles. The fourth-order valence-corrected chi connectivity index (χ4v) is 12.5. The zero-order valence-electron chi connectivity index (χ0n) is 67.5. The summed E-state index contributed by atoms with van der Waals surface area (Å²) in [5.41, 5.74) is 31.1. The highest BCUT2D eigenvalue weighted by atomic mass is 19.1. The smallest absolute Gasteiger partial charge is 0.195 e. The molecule has 113 heavy (non-hydrogen) atoms. The molecule has 23 heteroatoms. The number of pyridine rings is 3. The number of ether oxygens (including phenoxy) is 6. The van der Waals surface area contributed by atoms with E-state index in [-0.39, 0.29) is 94.6 Å². The number of carbonyl (C=O) groups excluding carboxylic acids is 3. The number of aliphatic hydroxyl groups is 5. The molecule has 1 aliphatic rings. The van der Waals surface area contributed by atoms with Gasteiger partial charge in [-0.2, -0.15) is 0 Å². The van der Waals surface area contributed by atoms with Crippen molar-refractivity contribution in [2.45, 2.75) is 167 Å². The van der Waals surface area contributed by atoms with Gasteiger partial charge in [-0.25, -0.2) is 9.37 Å². The Morgan fingerprint density at radius 3 is 1.44 bits per heavy atom. The van der Waals surface area contributed by atoms with Crippen LogP contribution in [-0.4, -0.2) is 124 Å². The summed E-state index contributed by atoms with van der Waals surface area (Å²) < 4.78 is 47.8. The molecule has 0 amide bonds. The highest BCUT2D eigenvalue weighted by Crippen LogP contribution is 2.46. The zero-order chi connectivity index (χ0) is 83.0. The van der Waals surface area contributed by atoms with E-state index >= 15 is 0 Å². The molecule has 0 bridgehead atoms. The van der Waals surface area contributed by atoms with Gasteiger partial charge in [-0.15, -0.1) is 0 Å². The maximum atomic E-state index is 13.6. The molecule has 0 saturated heterocycles. The first kappa shape index (κ1) is 88.5. The third-order valence-corrected chi connectivity index (χ3v) is 20.4. The van der Waals surface area contributed by atoms with Crippen molar-refractivity contribution in [3.8, 4) is 68.1 Å². The number of aliphatic hydroxyl groups excluding tert-OH is 3. The van der Waals surface area contributed by atoms with E-state index in [0.717, 1.165) is 52.0 Å². The maximum Gasteiger partial charge on any atom is 0.195 e. The van der Waals surface area contributed by atoms with E-state index < -0.39 is 50.7 Å². The Morgan fingerprint density at radius 2 is 0.973 bits per heavy atom. The molecular formula is C90H112FN7O15. The molecule has 6 aromatic carbocycles. The number of halogens is 1. The van der Waals surface area contributed by atoms with Crippen LogP contribution in [0.25, 0.3) is 33.6 Å². The standard InChI is InChI=1S/C32H40N2O5.C29H35FN2O6.C29H37N3O4/c1-20-6-8-22(9-7-20)26-17-25(32(4,33)24-11-12-24)18-30(34-26)31(3,37)15-14-27(36)23-10-13-28(29(16-23)38-5)39-19-21(2)35;1-28(2,18-31)32-16-22(19-5-8-21(30)9-6-19)27(35)23(17-32)29(3,36)12-11-24(34)20-7-10-25(38-14-13-33)26(15-20)37-4;1-19-6-8-20(9-7-19)23-17-22(28(2,3)30)18-27(32-23)29(4,31)13-12-24(34)21-10-11-25(35-5)26(16-21)36-15-14-33/h6-10,13,16-18,21,24,35,37H,11-12,14-15,19,33H2,1-5H3;5-10,15-17,33,36H,11-14,18,31H2,1-4H3;6-11,16-18,33H,12-15,30-31H2,1-5H3. The van der Waals surface area contributed by atoms with Gasteiger partial charge in [0.2, 0.25) is 0 Å². The number of carbonyl (C=O) groups is 3. The summed E-state index contributed by atoms with van der Waals surface area (Å²) in [5.74, 6) is 2.02. The predicted octanol–water partition coefficient (Wildman–Crippen LogP) is 13.3. The van der Waals surface area contributed by atoms with Gasteiger partial charge in [0, 0.05) is 88.2 Å². The minimum absolute atomic E-state index is 0.0257. The lowest BCUT2D eigenvalue weighted by molar-refractivity contribution is 0.0396. The van der Waals surface area contributed by atoms with Gasteiger partial charge in [0.05, 0.1) is 80.1 Å². The van der Waals surface area contributed by atoms with E-state index in [1.54, 1.807) is 79.3 Å². The number of hydrogen-bond donors (Lipinski definition) is 9. The Morgan fingerprint density at radius 1 is 0.540 bits per heavy atom. The summed E-state index contributed by atoms with van der Waals surface area (Å²) in [5, 5.41) is 50.6. The molecule has 3 aromatic heterocycles. The lowest BCUT2D eigenvalue weighted by Gasteiger charge is -2.31. The average Bonchev–Trinajstić information content (AvgIpc) is 1.74. The number of Topliss-reactive ketones (excluding diaryl/α,β-unsaturated/α-hetero) is 3. The summed E-state index contributed by atoms with van der Waals surface area (Å²) in [6.45, 7) is 20.8. The first-order valence-electron chi connectivity index (χ1n) is 37.9. The van der Waals surface area contributed by atoms with Gasteiger partial charge in [0.1, 0.15) is 31.2 Å². The van der Waals surface area contributed by atoms with Gasteiger partial charge in [-0.05, 0) is 222 Å². The van der Waals surface area contributed by atoms with E-state index in [1.807, 2.05) is 128 Å². The number of hydrogen-bond acceptors (Lipinski definition) is 21. The minimum atomic E-state index is -1.65. The Kier molecular flexibility index (Phi) is 29.9. The van der Waals surface area contributed by atoms with Crippen molar-refractivity contribution < 1.29 is 72.7 Å². The van der Waals surface area contributed by atoms with Crippen LogP contribution in [0.3, 0.4) is 0 Å². The number of nitrogens with two attached hydrogens (primary N) is 4. The van der Waals surface area contributed by atoms with Crippen LogP contribution < -0.4 is 56.8 Å². The molecule has 0 spiro atoms. The molecule has 10 rings (SSSR count). The Bertz CT molecular complexity index is 4800. The van der Waals surface area contributed by atoms with Crippen LogP contribution in [0, 0.1) is 25.6 Å². The van der Waals surface area contributed by atoms with Gasteiger partial charge in [0.25, 0.3) is 0 Å². The molecule has 5 unspecified atom stereocenters. The number of aromatic nitrogens is 3. The highest BCUT2D eigenvalue weighted by Gasteiger charge is 2.41. The van der Waals surface area contributed by atoms with E-state index in [0.29, 0.717) is 86.0 Å². The molecule has 13 N–H and O–H groups in total. The van der Waals surface area contributed by atoms with E-state index in [2.05, 4.69) is 0 Å². The quantitative estimate of drug-likeness (QED) is 0.0167. The van der Waals surface area contributed by atoms with Crippen molar-refractivity contribution in [1.82, 2.24) is 14.5 Å². The van der Waals surface area contributed by atoms with Crippen LogP contribution in [-0.2, 0) is 33.4 Å². The van der Waals surface area contributed by atoms with Crippen LogP contribution in [0.15, 0.2) is 169 Å². The third kappa shape index (κ3) is 23.6. The van der Waals surface area contributed by atoms with Gasteiger partial charge in [-0.3, -0.25) is 24.2 Å². The van der Waals surface area contributed by atoms with E-state index in [4.69, 9.17) is 71.5 Å². The minimum Gasteiger partial charge on any atom is -0.493 e. The summed E-state index contributed by atoms with van der Waals surface area (Å²) in [6.07, 6.45) is 5.59. The largest absolute Gasteiger partial charge is 0.493 e. The Labute approximate surface area is 662 Å². The molecule has 0 radical (unpaired) electrons. The van der Waals surface area contributed by atoms with Gasteiger partial charge >= 0.3 is 0 Å². The second kappa shape index (κ2) is 38.2. The molecule has 3 heterocycles. The Hall–Kier alpha value is -10.1. The SMILES string of the molecule is COc1cc(C(=O)CCC(C)(O)c2cc(C(C)(N)C3CC3)cc(-c3ccc(C)cc3)n2)ccc1OCC(C)O.COc1cc(C(=O)CCC(C)(O)c2cn(C(C)(C)CN)cc(-c3ccc(F)cc3)c2=O)ccc1OCCO.COc1ccc(C(=O)CCC(C)(N)c2cc(C(C)(C)N)cc(-c3ccc(C)cc3)n2)cc1OCCO. The number of ketones is 3. The third-order valence-electron chi connectivity index (χ3n) is 20.4. The number of benzene rings is 6. The highest BCUT2D eigenvalue weighted by molar-refractivity contribution is 5.98. The van der Waals surface area contributed by atoms with Gasteiger partial charge in [-0.1, -0.05) is 71.8 Å². The normalized spacial score (nSPS) is 14.5. The first-order valence-corrected chi connectivity index (χ1v) is 37.9. The fourth-order valence-electron chi connectivity index (χ4n) is 12.5. The Balaban J connectivity index is 0.000000213. The average molecular weight is 1550 g/mol. The molecule has 604 valence electrons. The summed E-state index contributed by atoms with van der Waals surface area (Å²) >= 11 is 0. The van der Waals surface area contributed by atoms with Crippen LogP contribution >= 0.6 is 0 Å². The fraction of sp³-hybridized carbons (Fsp3) is 0.400. The van der Waals surface area contributed by atoms with Crippen molar-refractivity contribution in [3.63, 3.8) is 0 Å². The van der Waals surface area contributed by atoms with Gasteiger partial charge < -0.3 is 81.5 Å². The molecule has 9 aromatic rings. The number of nitrogens with zero attached hydrogens (tertiary/aromatic N) is 3. The van der Waals surface area contributed by atoms with E-state index in [9.17, 15) is 38.9 Å². The monoisotopic (exact) mass is 1550 g/mol. The van der Waals surface area contributed by atoms with Crippen LogP contribution in [0.1, 0.15) is 184 Å². The molecule has 5 atom stereocenters. The number of methoxy groups -OCH3 is 3. The van der Waals surface area contributed by atoms with Crippen molar-refractivity contribution in [1.29, 1.82) is 0 Å². The van der Waals surface area contributed by atoms with Gasteiger partial charge in [0.15, 0.2) is 57.3 Å². The molecule has 1 saturated carbocycles. The number of aryl methyl sites for hydroxylation is 2. The van der Waals surface area contributed by atoms with Crippen molar-refractivity contribution >= 4 is 17.3 Å². The topological polar surface area (TPSA) is 360 Å². The van der Waals surface area contributed by atoms with Crippen molar-refractivity contribution in [2.24, 2.45) is 28.9 Å². The number of rotatable bonds is 35. The zero-order valence-corrected chi connectivity index (χ0v) is 67.5. The van der Waals surface area contributed by atoms with Crippen molar-refractivity contribution in [3.05, 3.63) is 236 Å². The first-order chi connectivity index (χ1) is 53.3. The molecule has 1 aliphatic carbocycles. The van der Waals surface area contributed by atoms with E-state index in [1.165, 1.54) is 64.1 Å². The summed E-state index contributed by atoms with van der Waals surface area (Å²) in [4.78, 5) is 62.5. The summed E-state index contributed by atoms with van der Waals surface area (Å²) in [7, 11) is 4.47. The molecule has 22 nitrogen and oxygen atoms in total. The maximum absolute atomic E-state index is 13.6. The molecular weight excluding hydrogens is 1440 g/mol. The lowest BCUT2D eigenvalue weighted by Crippen LogP contribution is -2.38. The second-order valence-corrected chi connectivity index (χ2v) is 31.2. The van der Waals surface area contributed by atoms with Crippen molar-refractivity contribution in [2.75, 3.05) is 60.9 Å². The van der Waals surface area contributed by atoms with Crippen LogP contribution in [0.4, 0.5) is 4.39 Å². The predicted molar refractivity (Wildman–Crippen MR) is 437 cm³/mol. The summed E-state index contributed by atoms with van der Waals surface area (Å²) in [6, 6.07) is 44.4. The second-order valence-electron chi connectivity index (χ2n) is 31.2. The van der Waals surface area contributed by atoms with Crippen LogP contribution in [0.2, 0.25) is 0 Å². The lowest BCUT2D eigenvalue weighted by atomic mass is 9.84. The molecule has 1 fully saturated rings. The van der Waals surface area contributed by atoms with Crippen LogP contribution in [0.5, 0.6) is 34.5 Å².